The number of sulfone groups is 1. The topological polar surface area (TPSA) is 90.0 Å². The molecule has 0 unspecified atom stereocenters. The third kappa shape index (κ3) is 4.90. The van der Waals surface area contributed by atoms with Crippen molar-refractivity contribution in [1.82, 2.24) is 4.90 Å². The Bertz CT molecular complexity index is 861. The second kappa shape index (κ2) is 8.47. The van der Waals surface area contributed by atoms with Crippen LogP contribution >= 0.6 is 23.2 Å². The van der Waals surface area contributed by atoms with Gasteiger partial charge in [-0.25, -0.2) is 13.2 Å². The first kappa shape index (κ1) is 21.2. The molecular formula is C18H21Cl2NO6S. The summed E-state index contributed by atoms with van der Waals surface area (Å²) in [5.74, 6) is -0.672. The second-order valence-electron chi connectivity index (χ2n) is 6.87. The summed E-state index contributed by atoms with van der Waals surface area (Å²) in [5, 5.41) is 0.175. The van der Waals surface area contributed by atoms with Crippen LogP contribution in [0, 0.1) is 0 Å². The number of carbonyl (C=O) groups excluding carboxylic acids is 2. The quantitative estimate of drug-likeness (QED) is 0.594. The van der Waals surface area contributed by atoms with Crippen LogP contribution in [0.15, 0.2) is 12.1 Å². The lowest BCUT2D eigenvalue weighted by molar-refractivity contribution is -0.135. The molecule has 1 aliphatic heterocycles. The molecule has 1 aromatic carbocycles. The maximum atomic E-state index is 12.7. The first-order chi connectivity index (χ1) is 13.2. The summed E-state index contributed by atoms with van der Waals surface area (Å²) in [6.45, 7) is 1.59. The Morgan fingerprint density at radius 2 is 1.79 bits per heavy atom. The van der Waals surface area contributed by atoms with Crippen molar-refractivity contribution < 1.29 is 27.5 Å². The van der Waals surface area contributed by atoms with E-state index in [0.717, 1.165) is 12.8 Å². The van der Waals surface area contributed by atoms with Gasteiger partial charge in [0, 0.05) is 12.1 Å². The van der Waals surface area contributed by atoms with E-state index in [0.29, 0.717) is 6.42 Å². The van der Waals surface area contributed by atoms with E-state index in [1.54, 1.807) is 11.8 Å². The maximum absolute atomic E-state index is 12.7. The first-order valence-corrected chi connectivity index (χ1v) is 11.6. The molecule has 1 aliphatic carbocycles. The standard InChI is InChI=1S/C18H21Cl2NO6S/c1-2-26-18(23)11-7-14(19)17(15(20)8-11)27-9-16(22)21(12-3-4-12)13-5-6-28(24,25)10-13/h7-8,12-13H,2-6,9-10H2,1H3/t13-/m1/s1. The van der Waals surface area contributed by atoms with Crippen molar-refractivity contribution in [2.45, 2.75) is 38.3 Å². The molecule has 1 amide bonds. The van der Waals surface area contributed by atoms with Gasteiger partial charge in [0.25, 0.3) is 5.91 Å². The minimum absolute atomic E-state index is 0.00894. The highest BCUT2D eigenvalue weighted by molar-refractivity contribution is 7.91. The predicted molar refractivity (Wildman–Crippen MR) is 105 cm³/mol. The third-order valence-electron chi connectivity index (χ3n) is 4.68. The Balaban J connectivity index is 1.69. The number of esters is 1. The summed E-state index contributed by atoms with van der Waals surface area (Å²) in [7, 11) is -3.10. The molecule has 0 aromatic heterocycles. The SMILES string of the molecule is CCOC(=O)c1cc(Cl)c(OCC(=O)N(C2CC2)[C@@H]2CCS(=O)(=O)C2)c(Cl)c1. The van der Waals surface area contributed by atoms with Crippen LogP contribution in [-0.4, -0.2) is 62.0 Å². The van der Waals surface area contributed by atoms with Crippen LogP contribution in [0.5, 0.6) is 5.75 Å². The molecule has 3 rings (SSSR count). The highest BCUT2D eigenvalue weighted by atomic mass is 35.5. The van der Waals surface area contributed by atoms with Crippen LogP contribution in [0.3, 0.4) is 0 Å². The fourth-order valence-electron chi connectivity index (χ4n) is 3.29. The summed E-state index contributed by atoms with van der Waals surface area (Å²) >= 11 is 12.3. The molecule has 10 heteroatoms. The Morgan fingerprint density at radius 1 is 1.14 bits per heavy atom. The molecule has 28 heavy (non-hydrogen) atoms. The lowest BCUT2D eigenvalue weighted by Gasteiger charge is -2.28. The summed E-state index contributed by atoms with van der Waals surface area (Å²) in [6, 6.07) is 2.48. The Kier molecular flexibility index (Phi) is 6.41. The molecule has 2 aliphatic rings. The first-order valence-electron chi connectivity index (χ1n) is 9.02. The van der Waals surface area contributed by atoms with Gasteiger partial charge in [-0.1, -0.05) is 23.2 Å². The van der Waals surface area contributed by atoms with Crippen molar-refractivity contribution in [2.24, 2.45) is 0 Å². The van der Waals surface area contributed by atoms with Crippen LogP contribution in [0.2, 0.25) is 10.0 Å². The molecule has 0 N–H and O–H groups in total. The van der Waals surface area contributed by atoms with Gasteiger partial charge in [0.05, 0.1) is 33.7 Å². The Hall–Kier alpha value is -1.51. The third-order valence-corrected chi connectivity index (χ3v) is 6.99. The van der Waals surface area contributed by atoms with E-state index in [1.807, 2.05) is 0 Å². The highest BCUT2D eigenvalue weighted by Crippen LogP contribution is 2.36. The van der Waals surface area contributed by atoms with Crippen molar-refractivity contribution in [3.63, 3.8) is 0 Å². The van der Waals surface area contributed by atoms with Crippen LogP contribution in [0.4, 0.5) is 0 Å². The zero-order valence-electron chi connectivity index (χ0n) is 15.3. The van der Waals surface area contributed by atoms with Crippen LogP contribution < -0.4 is 4.74 Å². The number of amides is 1. The number of hydrogen-bond donors (Lipinski definition) is 0. The fourth-order valence-corrected chi connectivity index (χ4v) is 5.60. The van der Waals surface area contributed by atoms with Crippen LogP contribution in [0.1, 0.15) is 36.5 Å². The summed E-state index contributed by atoms with van der Waals surface area (Å²) in [4.78, 5) is 26.2. The van der Waals surface area contributed by atoms with Gasteiger partial charge >= 0.3 is 5.97 Å². The van der Waals surface area contributed by atoms with Crippen molar-refractivity contribution in [3.8, 4) is 5.75 Å². The maximum Gasteiger partial charge on any atom is 0.338 e. The molecular weight excluding hydrogens is 429 g/mol. The zero-order valence-corrected chi connectivity index (χ0v) is 17.6. The molecule has 2 fully saturated rings. The van der Waals surface area contributed by atoms with Gasteiger partial charge in [-0.15, -0.1) is 0 Å². The number of carbonyl (C=O) groups is 2. The van der Waals surface area contributed by atoms with E-state index in [1.165, 1.54) is 12.1 Å². The van der Waals surface area contributed by atoms with E-state index in [4.69, 9.17) is 32.7 Å². The smallest absolute Gasteiger partial charge is 0.338 e. The Morgan fingerprint density at radius 3 is 2.29 bits per heavy atom. The number of nitrogens with zero attached hydrogens (tertiary/aromatic N) is 1. The van der Waals surface area contributed by atoms with Gasteiger partial charge in [0.1, 0.15) is 0 Å². The number of benzene rings is 1. The van der Waals surface area contributed by atoms with Crippen LogP contribution in [0.25, 0.3) is 0 Å². The largest absolute Gasteiger partial charge is 0.481 e. The summed E-state index contributed by atoms with van der Waals surface area (Å²) in [6.07, 6.45) is 2.16. The molecule has 154 valence electrons. The average Bonchev–Trinajstić information content (AvgIpc) is 3.37. The molecule has 0 bridgehead atoms. The molecule has 1 saturated heterocycles. The lowest BCUT2D eigenvalue weighted by atomic mass is 10.2. The molecule has 1 saturated carbocycles. The Labute approximate surface area is 173 Å². The van der Waals surface area contributed by atoms with Gasteiger partial charge in [-0.3, -0.25) is 4.79 Å². The number of ether oxygens (including phenoxy) is 2. The van der Waals surface area contributed by atoms with Crippen LogP contribution in [-0.2, 0) is 19.4 Å². The summed E-state index contributed by atoms with van der Waals surface area (Å²) < 4.78 is 34.0. The normalized spacial score (nSPS) is 20.6. The number of hydrogen-bond acceptors (Lipinski definition) is 6. The van der Waals surface area contributed by atoms with Crippen molar-refractivity contribution >= 4 is 44.9 Å². The van der Waals surface area contributed by atoms with E-state index in [2.05, 4.69) is 0 Å². The van der Waals surface area contributed by atoms with Gasteiger partial charge in [-0.05, 0) is 38.3 Å². The molecule has 1 atom stereocenters. The fraction of sp³-hybridized carbons (Fsp3) is 0.556. The number of rotatable bonds is 7. The van der Waals surface area contributed by atoms with Crippen molar-refractivity contribution in [2.75, 3.05) is 24.7 Å². The van der Waals surface area contributed by atoms with E-state index >= 15 is 0 Å². The lowest BCUT2D eigenvalue weighted by Crippen LogP contribution is -2.45. The minimum Gasteiger partial charge on any atom is -0.481 e. The van der Waals surface area contributed by atoms with E-state index in [9.17, 15) is 18.0 Å². The van der Waals surface area contributed by atoms with Gasteiger partial charge < -0.3 is 14.4 Å². The molecule has 0 radical (unpaired) electrons. The van der Waals surface area contributed by atoms with E-state index < -0.39 is 15.8 Å². The monoisotopic (exact) mass is 449 g/mol. The number of halogens is 2. The molecule has 1 heterocycles. The van der Waals surface area contributed by atoms with E-state index in [-0.39, 0.29) is 64.1 Å². The predicted octanol–water partition coefficient (Wildman–Crippen LogP) is 2.73. The summed E-state index contributed by atoms with van der Waals surface area (Å²) in [5.41, 5.74) is 0.186. The van der Waals surface area contributed by atoms with Gasteiger partial charge in [-0.2, -0.15) is 0 Å². The van der Waals surface area contributed by atoms with Crippen molar-refractivity contribution in [3.05, 3.63) is 27.7 Å². The van der Waals surface area contributed by atoms with Gasteiger partial charge in [0.2, 0.25) is 0 Å². The zero-order chi connectivity index (χ0) is 20.5. The average molecular weight is 450 g/mol. The highest BCUT2D eigenvalue weighted by Gasteiger charge is 2.42. The minimum atomic E-state index is -3.10. The van der Waals surface area contributed by atoms with Crippen molar-refractivity contribution in [1.29, 1.82) is 0 Å². The second-order valence-corrected chi connectivity index (χ2v) is 9.91. The molecule has 7 nitrogen and oxygen atoms in total. The molecule has 0 spiro atoms. The van der Waals surface area contributed by atoms with Gasteiger partial charge in [0.15, 0.2) is 22.2 Å². The molecule has 1 aromatic rings.